The minimum atomic E-state index is -3.47. The standard InChI is InChI=1S/C19H24N4O3S/c1-2-15-7-3-4-8-17(15)22-19(24)14-21-18-10-9-16(13-20-18)27(25,26)23-11-5-6-12-23/h3-4,7-10,13H,2,5-6,11-12,14H2,1H3,(H,20,21)(H,22,24). The number of nitrogens with zero attached hydrogens (tertiary/aromatic N) is 2. The predicted octanol–water partition coefficient (Wildman–Crippen LogP) is 2.48. The Balaban J connectivity index is 1.58. The number of benzene rings is 1. The molecular weight excluding hydrogens is 364 g/mol. The smallest absolute Gasteiger partial charge is 0.244 e. The van der Waals surface area contributed by atoms with Crippen LogP contribution in [0.2, 0.25) is 0 Å². The van der Waals surface area contributed by atoms with Crippen LogP contribution < -0.4 is 10.6 Å². The van der Waals surface area contributed by atoms with E-state index in [1.165, 1.54) is 16.6 Å². The van der Waals surface area contributed by atoms with Crippen LogP contribution in [-0.2, 0) is 21.2 Å². The molecule has 0 spiro atoms. The molecule has 1 aromatic heterocycles. The second-order valence-corrected chi connectivity index (χ2v) is 8.34. The summed E-state index contributed by atoms with van der Waals surface area (Å²) in [5.41, 5.74) is 1.87. The number of sulfonamides is 1. The van der Waals surface area contributed by atoms with E-state index >= 15 is 0 Å². The SMILES string of the molecule is CCc1ccccc1NC(=O)CNc1ccc(S(=O)(=O)N2CCCC2)cn1. The average molecular weight is 388 g/mol. The molecule has 3 rings (SSSR count). The Morgan fingerprint density at radius 3 is 2.56 bits per heavy atom. The number of carbonyl (C=O) groups is 1. The van der Waals surface area contributed by atoms with E-state index < -0.39 is 10.0 Å². The number of carbonyl (C=O) groups excluding carboxylic acids is 1. The van der Waals surface area contributed by atoms with Crippen molar-refractivity contribution in [2.24, 2.45) is 0 Å². The quantitative estimate of drug-likeness (QED) is 0.760. The molecule has 27 heavy (non-hydrogen) atoms. The molecule has 0 aliphatic carbocycles. The highest BCUT2D eigenvalue weighted by molar-refractivity contribution is 7.89. The number of amides is 1. The van der Waals surface area contributed by atoms with Gasteiger partial charge >= 0.3 is 0 Å². The minimum absolute atomic E-state index is 0.0449. The highest BCUT2D eigenvalue weighted by Gasteiger charge is 2.27. The number of aromatic nitrogens is 1. The Bertz CT molecular complexity index is 891. The molecule has 0 atom stereocenters. The van der Waals surface area contributed by atoms with Crippen molar-refractivity contribution in [2.75, 3.05) is 30.3 Å². The normalized spacial score (nSPS) is 14.9. The van der Waals surface area contributed by atoms with Crippen LogP contribution in [-0.4, -0.2) is 43.2 Å². The van der Waals surface area contributed by atoms with Gasteiger partial charge in [0.25, 0.3) is 0 Å². The highest BCUT2D eigenvalue weighted by atomic mass is 32.2. The molecule has 1 saturated heterocycles. The summed E-state index contributed by atoms with van der Waals surface area (Å²) < 4.78 is 26.4. The zero-order valence-corrected chi connectivity index (χ0v) is 16.1. The van der Waals surface area contributed by atoms with E-state index in [0.717, 1.165) is 30.5 Å². The Kier molecular flexibility index (Phi) is 6.08. The number of hydrogen-bond donors (Lipinski definition) is 2. The van der Waals surface area contributed by atoms with Crippen molar-refractivity contribution in [3.05, 3.63) is 48.2 Å². The van der Waals surface area contributed by atoms with E-state index in [-0.39, 0.29) is 17.3 Å². The summed E-state index contributed by atoms with van der Waals surface area (Å²) in [6, 6.07) is 10.8. The zero-order valence-electron chi connectivity index (χ0n) is 15.3. The number of aryl methyl sites for hydroxylation is 1. The molecule has 1 amide bonds. The third-order valence-electron chi connectivity index (χ3n) is 4.54. The van der Waals surface area contributed by atoms with Gasteiger partial charge in [-0.15, -0.1) is 0 Å². The van der Waals surface area contributed by atoms with Gasteiger partial charge in [-0.05, 0) is 43.0 Å². The molecule has 1 aromatic carbocycles. The number of hydrogen-bond acceptors (Lipinski definition) is 5. The summed E-state index contributed by atoms with van der Waals surface area (Å²) in [5, 5.41) is 5.79. The first kappa shape index (κ1) is 19.3. The molecule has 0 saturated carbocycles. The van der Waals surface area contributed by atoms with Crippen molar-refractivity contribution < 1.29 is 13.2 Å². The average Bonchev–Trinajstić information content (AvgIpc) is 3.23. The lowest BCUT2D eigenvalue weighted by Crippen LogP contribution is -2.28. The fourth-order valence-corrected chi connectivity index (χ4v) is 4.49. The maximum Gasteiger partial charge on any atom is 0.244 e. The number of nitrogens with one attached hydrogen (secondary N) is 2. The van der Waals surface area contributed by atoms with Crippen LogP contribution in [0.25, 0.3) is 0 Å². The van der Waals surface area contributed by atoms with E-state index in [4.69, 9.17) is 0 Å². The topological polar surface area (TPSA) is 91.4 Å². The third kappa shape index (κ3) is 4.64. The molecule has 8 heteroatoms. The van der Waals surface area contributed by atoms with Gasteiger partial charge in [-0.3, -0.25) is 4.79 Å². The molecule has 1 aliphatic rings. The summed E-state index contributed by atoms with van der Waals surface area (Å²) in [6.45, 7) is 3.19. The van der Waals surface area contributed by atoms with Crippen LogP contribution in [0.5, 0.6) is 0 Å². The monoisotopic (exact) mass is 388 g/mol. The maximum absolute atomic E-state index is 12.5. The van der Waals surface area contributed by atoms with E-state index in [1.807, 2.05) is 31.2 Å². The van der Waals surface area contributed by atoms with Gasteiger partial charge in [0, 0.05) is 25.0 Å². The van der Waals surface area contributed by atoms with Gasteiger partial charge in [-0.1, -0.05) is 25.1 Å². The fraction of sp³-hybridized carbons (Fsp3) is 0.368. The van der Waals surface area contributed by atoms with Crippen LogP contribution in [0.4, 0.5) is 11.5 Å². The lowest BCUT2D eigenvalue weighted by atomic mass is 10.1. The lowest BCUT2D eigenvalue weighted by molar-refractivity contribution is -0.114. The van der Waals surface area contributed by atoms with Crippen LogP contribution in [0.1, 0.15) is 25.3 Å². The Hall–Kier alpha value is -2.45. The largest absolute Gasteiger partial charge is 0.361 e. The van der Waals surface area contributed by atoms with E-state index in [1.54, 1.807) is 6.07 Å². The summed E-state index contributed by atoms with van der Waals surface area (Å²) in [7, 11) is -3.47. The first-order valence-electron chi connectivity index (χ1n) is 9.08. The van der Waals surface area contributed by atoms with Gasteiger partial charge in [-0.25, -0.2) is 13.4 Å². The molecule has 7 nitrogen and oxygen atoms in total. The van der Waals surface area contributed by atoms with Gasteiger partial charge in [0.05, 0.1) is 6.54 Å². The summed E-state index contributed by atoms with van der Waals surface area (Å²) in [5.74, 6) is 0.265. The summed E-state index contributed by atoms with van der Waals surface area (Å²) in [6.07, 6.45) is 3.95. The van der Waals surface area contributed by atoms with E-state index in [2.05, 4.69) is 15.6 Å². The van der Waals surface area contributed by atoms with Crippen molar-refractivity contribution in [2.45, 2.75) is 31.1 Å². The van der Waals surface area contributed by atoms with Gasteiger partial charge in [-0.2, -0.15) is 4.31 Å². The minimum Gasteiger partial charge on any atom is -0.361 e. The molecule has 0 bridgehead atoms. The molecule has 144 valence electrons. The van der Waals surface area contributed by atoms with E-state index in [0.29, 0.717) is 18.9 Å². The molecular formula is C19H24N4O3S. The van der Waals surface area contributed by atoms with E-state index in [9.17, 15) is 13.2 Å². The molecule has 1 aliphatic heterocycles. The fourth-order valence-electron chi connectivity index (χ4n) is 3.03. The van der Waals surface area contributed by atoms with Gasteiger partial charge in [0.2, 0.25) is 15.9 Å². The van der Waals surface area contributed by atoms with Crippen molar-refractivity contribution >= 4 is 27.4 Å². The first-order chi connectivity index (χ1) is 13.0. The number of para-hydroxylation sites is 1. The van der Waals surface area contributed by atoms with Crippen molar-refractivity contribution in [1.29, 1.82) is 0 Å². The maximum atomic E-state index is 12.5. The second-order valence-electron chi connectivity index (χ2n) is 6.40. The van der Waals surface area contributed by atoms with Gasteiger partial charge in [0.15, 0.2) is 0 Å². The van der Waals surface area contributed by atoms with Crippen LogP contribution in [0.3, 0.4) is 0 Å². The van der Waals surface area contributed by atoms with Crippen LogP contribution in [0, 0.1) is 0 Å². The number of pyridine rings is 1. The third-order valence-corrected chi connectivity index (χ3v) is 6.42. The summed E-state index contributed by atoms with van der Waals surface area (Å²) in [4.78, 5) is 16.5. The Morgan fingerprint density at radius 2 is 1.89 bits per heavy atom. The summed E-state index contributed by atoms with van der Waals surface area (Å²) >= 11 is 0. The van der Waals surface area contributed by atoms with Gasteiger partial charge < -0.3 is 10.6 Å². The van der Waals surface area contributed by atoms with Crippen LogP contribution >= 0.6 is 0 Å². The Labute approximate surface area is 159 Å². The predicted molar refractivity (Wildman–Crippen MR) is 105 cm³/mol. The van der Waals surface area contributed by atoms with Crippen LogP contribution in [0.15, 0.2) is 47.5 Å². The molecule has 2 heterocycles. The van der Waals surface area contributed by atoms with Crippen molar-refractivity contribution in [3.8, 4) is 0 Å². The molecule has 0 radical (unpaired) electrons. The molecule has 2 aromatic rings. The lowest BCUT2D eigenvalue weighted by Gasteiger charge is -2.15. The Morgan fingerprint density at radius 1 is 1.15 bits per heavy atom. The first-order valence-corrected chi connectivity index (χ1v) is 10.5. The van der Waals surface area contributed by atoms with Gasteiger partial charge in [0.1, 0.15) is 10.7 Å². The highest BCUT2D eigenvalue weighted by Crippen LogP contribution is 2.21. The van der Waals surface area contributed by atoms with Crippen molar-refractivity contribution in [1.82, 2.24) is 9.29 Å². The molecule has 1 fully saturated rings. The molecule has 2 N–H and O–H groups in total. The number of rotatable bonds is 7. The van der Waals surface area contributed by atoms with Crippen molar-refractivity contribution in [3.63, 3.8) is 0 Å². The molecule has 0 unspecified atom stereocenters. The zero-order chi connectivity index (χ0) is 19.3. The number of anilines is 2. The second kappa shape index (κ2) is 8.49.